The Balaban J connectivity index is 1.73. The van der Waals surface area contributed by atoms with Gasteiger partial charge in [-0.15, -0.1) is 0 Å². The molecule has 3 heterocycles. The summed E-state index contributed by atoms with van der Waals surface area (Å²) in [6, 6.07) is 8.00. The van der Waals surface area contributed by atoms with E-state index in [-0.39, 0.29) is 11.9 Å². The highest BCUT2D eigenvalue weighted by Crippen LogP contribution is 2.32. The van der Waals surface area contributed by atoms with Crippen LogP contribution in [-0.4, -0.2) is 29.5 Å². The Kier molecular flexibility index (Phi) is 4.59. The summed E-state index contributed by atoms with van der Waals surface area (Å²) in [6.07, 6.45) is 3.38. The van der Waals surface area contributed by atoms with Crippen LogP contribution in [0.4, 0.5) is 5.82 Å². The molecule has 0 bridgehead atoms. The van der Waals surface area contributed by atoms with Gasteiger partial charge in [0.2, 0.25) is 5.91 Å². The van der Waals surface area contributed by atoms with Crippen LogP contribution in [0.1, 0.15) is 47.9 Å². The monoisotopic (exact) mass is 352 g/mol. The number of fused-ring (bicyclic) bond motifs is 1. The first kappa shape index (κ1) is 17.0. The summed E-state index contributed by atoms with van der Waals surface area (Å²) in [4.78, 5) is 24.1. The van der Waals surface area contributed by atoms with Gasteiger partial charge >= 0.3 is 0 Å². The molecule has 1 atom stereocenters. The number of aryl methyl sites for hydroxylation is 1. The Labute approximate surface area is 153 Å². The molecule has 1 N–H and O–H groups in total. The third-order valence-electron chi connectivity index (χ3n) is 5.25. The lowest BCUT2D eigenvalue weighted by Crippen LogP contribution is -2.36. The molecular weight excluding hydrogens is 328 g/mol. The summed E-state index contributed by atoms with van der Waals surface area (Å²) in [5.41, 5.74) is 3.05. The van der Waals surface area contributed by atoms with Crippen molar-refractivity contribution in [3.05, 3.63) is 46.9 Å². The number of aromatic nitrogens is 2. The van der Waals surface area contributed by atoms with E-state index >= 15 is 0 Å². The molecule has 2 aromatic rings. The number of nitrogens with one attached hydrogen (secondary N) is 1. The van der Waals surface area contributed by atoms with E-state index in [1.54, 1.807) is 12.0 Å². The topological polar surface area (TPSA) is 67.3 Å². The minimum absolute atomic E-state index is 0.104. The second kappa shape index (κ2) is 7.03. The largest absolute Gasteiger partial charge is 0.496 e. The minimum Gasteiger partial charge on any atom is -0.496 e. The highest BCUT2D eigenvalue weighted by Gasteiger charge is 2.30. The summed E-state index contributed by atoms with van der Waals surface area (Å²) in [7, 11) is 1.65. The molecule has 1 aromatic carbocycles. The Hall–Kier alpha value is -2.47. The number of amides is 1. The molecule has 6 heteroatoms. The number of para-hydroxylation sites is 1. The minimum atomic E-state index is 0.104. The van der Waals surface area contributed by atoms with Gasteiger partial charge in [-0.25, -0.2) is 9.97 Å². The number of ether oxygens (including phenoxy) is 1. The van der Waals surface area contributed by atoms with E-state index < -0.39 is 0 Å². The molecule has 0 spiro atoms. The first-order valence-electron chi connectivity index (χ1n) is 9.20. The van der Waals surface area contributed by atoms with Gasteiger partial charge < -0.3 is 10.1 Å². The molecule has 6 nitrogen and oxygen atoms in total. The summed E-state index contributed by atoms with van der Waals surface area (Å²) >= 11 is 0. The van der Waals surface area contributed by atoms with Crippen molar-refractivity contribution in [3.63, 3.8) is 0 Å². The number of rotatable bonds is 4. The molecule has 26 heavy (non-hydrogen) atoms. The van der Waals surface area contributed by atoms with Gasteiger partial charge in [0.05, 0.1) is 19.7 Å². The molecule has 1 saturated heterocycles. The molecular formula is C20H24N4O2. The second-order valence-corrected chi connectivity index (χ2v) is 6.91. The molecule has 2 aliphatic heterocycles. The van der Waals surface area contributed by atoms with Crippen molar-refractivity contribution in [1.29, 1.82) is 0 Å². The molecule has 136 valence electrons. The van der Waals surface area contributed by atoms with E-state index in [4.69, 9.17) is 14.7 Å². The Bertz CT molecular complexity index is 831. The smallest absolute Gasteiger partial charge is 0.228 e. The number of carbonyl (C=O) groups is 1. The summed E-state index contributed by atoms with van der Waals surface area (Å²) in [5, 5.41) is 3.45. The van der Waals surface area contributed by atoms with Gasteiger partial charge in [-0.2, -0.15) is 0 Å². The number of nitrogens with zero attached hydrogens (tertiary/aromatic N) is 3. The predicted molar refractivity (Wildman–Crippen MR) is 99.3 cm³/mol. The number of hydrogen-bond donors (Lipinski definition) is 1. The van der Waals surface area contributed by atoms with Crippen LogP contribution in [0.15, 0.2) is 24.3 Å². The van der Waals surface area contributed by atoms with E-state index in [1.807, 2.05) is 31.2 Å². The predicted octanol–water partition coefficient (Wildman–Crippen LogP) is 2.70. The van der Waals surface area contributed by atoms with E-state index in [0.717, 1.165) is 53.6 Å². The maximum absolute atomic E-state index is 12.7. The normalized spacial score (nSPS) is 19.5. The van der Waals surface area contributed by atoms with E-state index in [0.29, 0.717) is 19.4 Å². The first-order chi connectivity index (χ1) is 12.7. The maximum atomic E-state index is 12.7. The average Bonchev–Trinajstić information content (AvgIpc) is 3.19. The van der Waals surface area contributed by atoms with Gasteiger partial charge in [0.1, 0.15) is 17.4 Å². The molecule has 0 aliphatic carbocycles. The van der Waals surface area contributed by atoms with Crippen LogP contribution in [-0.2, 0) is 17.8 Å². The van der Waals surface area contributed by atoms with Crippen molar-refractivity contribution in [2.45, 2.75) is 45.2 Å². The van der Waals surface area contributed by atoms with Crippen LogP contribution < -0.4 is 15.0 Å². The fourth-order valence-corrected chi connectivity index (χ4v) is 3.83. The fraction of sp³-hybridized carbons (Fsp3) is 0.450. The summed E-state index contributed by atoms with van der Waals surface area (Å²) in [5.74, 6) is 2.46. The molecule has 1 fully saturated rings. The fourth-order valence-electron chi connectivity index (χ4n) is 3.83. The Morgan fingerprint density at radius 3 is 2.88 bits per heavy atom. The van der Waals surface area contributed by atoms with Crippen LogP contribution in [0.5, 0.6) is 5.75 Å². The van der Waals surface area contributed by atoms with Crippen molar-refractivity contribution in [1.82, 2.24) is 15.3 Å². The number of benzene rings is 1. The van der Waals surface area contributed by atoms with Crippen molar-refractivity contribution in [3.8, 4) is 5.75 Å². The van der Waals surface area contributed by atoms with Crippen molar-refractivity contribution >= 4 is 11.7 Å². The van der Waals surface area contributed by atoms with Crippen LogP contribution in [0.2, 0.25) is 0 Å². The molecule has 4 rings (SSSR count). The quantitative estimate of drug-likeness (QED) is 0.916. The van der Waals surface area contributed by atoms with E-state index in [9.17, 15) is 4.79 Å². The SMILES string of the molecule is COc1ccccc1CN1C(=O)CCc2c(C)nc([C@H]3CCCN3)nc21. The van der Waals surface area contributed by atoms with Gasteiger partial charge in [0.15, 0.2) is 0 Å². The van der Waals surface area contributed by atoms with Gasteiger partial charge in [-0.1, -0.05) is 18.2 Å². The molecule has 1 aromatic heterocycles. The van der Waals surface area contributed by atoms with Gasteiger partial charge in [-0.05, 0) is 38.8 Å². The molecule has 2 aliphatic rings. The van der Waals surface area contributed by atoms with Gasteiger partial charge in [0.25, 0.3) is 0 Å². The molecule has 0 saturated carbocycles. The molecule has 0 unspecified atom stereocenters. The lowest BCUT2D eigenvalue weighted by Gasteiger charge is -2.30. The Morgan fingerprint density at radius 2 is 2.12 bits per heavy atom. The van der Waals surface area contributed by atoms with Crippen molar-refractivity contribution in [2.24, 2.45) is 0 Å². The number of carbonyl (C=O) groups excluding carboxylic acids is 1. The standard InChI is InChI=1S/C20H24N4O2/c1-13-15-9-10-18(25)24(12-14-6-3-4-8-17(14)26-2)20(15)23-19(22-13)16-7-5-11-21-16/h3-4,6,8,16,21H,5,7,9-12H2,1-2H3/t16-/m1/s1. The lowest BCUT2D eigenvalue weighted by atomic mass is 10.0. The van der Waals surface area contributed by atoms with Crippen LogP contribution in [0.3, 0.4) is 0 Å². The van der Waals surface area contributed by atoms with E-state index in [2.05, 4.69) is 5.32 Å². The third-order valence-corrected chi connectivity index (χ3v) is 5.25. The second-order valence-electron chi connectivity index (χ2n) is 6.91. The zero-order valence-electron chi connectivity index (χ0n) is 15.3. The average molecular weight is 352 g/mol. The van der Waals surface area contributed by atoms with Crippen LogP contribution in [0.25, 0.3) is 0 Å². The molecule has 1 amide bonds. The van der Waals surface area contributed by atoms with Crippen LogP contribution >= 0.6 is 0 Å². The summed E-state index contributed by atoms with van der Waals surface area (Å²) < 4.78 is 5.46. The lowest BCUT2D eigenvalue weighted by molar-refractivity contribution is -0.119. The van der Waals surface area contributed by atoms with Crippen molar-refractivity contribution < 1.29 is 9.53 Å². The number of anilines is 1. The van der Waals surface area contributed by atoms with Gasteiger partial charge in [0, 0.05) is 23.2 Å². The zero-order chi connectivity index (χ0) is 18.1. The first-order valence-corrected chi connectivity index (χ1v) is 9.20. The molecule has 0 radical (unpaired) electrons. The zero-order valence-corrected chi connectivity index (χ0v) is 15.3. The maximum Gasteiger partial charge on any atom is 0.228 e. The van der Waals surface area contributed by atoms with Gasteiger partial charge in [-0.3, -0.25) is 9.69 Å². The summed E-state index contributed by atoms with van der Waals surface area (Å²) in [6.45, 7) is 3.48. The Morgan fingerprint density at radius 1 is 1.27 bits per heavy atom. The number of hydrogen-bond acceptors (Lipinski definition) is 5. The number of methoxy groups -OCH3 is 1. The van der Waals surface area contributed by atoms with Crippen molar-refractivity contribution in [2.75, 3.05) is 18.6 Å². The van der Waals surface area contributed by atoms with E-state index in [1.165, 1.54) is 0 Å². The highest BCUT2D eigenvalue weighted by molar-refractivity contribution is 5.95. The third kappa shape index (κ3) is 3.05. The van der Waals surface area contributed by atoms with Crippen LogP contribution in [0, 0.1) is 6.92 Å². The highest BCUT2D eigenvalue weighted by atomic mass is 16.5.